The fourth-order valence-electron chi connectivity index (χ4n) is 3.51. The minimum absolute atomic E-state index is 0.0129. The number of carbonyl (C=O) groups excluding carboxylic acids is 2. The largest absolute Gasteiger partial charge is 0.464 e. The lowest BCUT2D eigenvalue weighted by atomic mass is 10.1. The monoisotopic (exact) mass is 477 g/mol. The van der Waals surface area contributed by atoms with Gasteiger partial charge in [0, 0.05) is 31.9 Å². The van der Waals surface area contributed by atoms with Crippen LogP contribution in [0.4, 0.5) is 5.69 Å². The van der Waals surface area contributed by atoms with E-state index >= 15 is 0 Å². The summed E-state index contributed by atoms with van der Waals surface area (Å²) in [6, 6.07) is 7.91. The summed E-state index contributed by atoms with van der Waals surface area (Å²) in [4.78, 5) is 28.7. The van der Waals surface area contributed by atoms with Gasteiger partial charge in [-0.05, 0) is 40.9 Å². The first-order valence-electron chi connectivity index (χ1n) is 10.1. The molecular weight excluding hydrogens is 450 g/mol. The van der Waals surface area contributed by atoms with Crippen molar-refractivity contribution in [3.8, 4) is 0 Å². The first-order chi connectivity index (χ1) is 14.4. The highest BCUT2D eigenvalue weighted by Crippen LogP contribution is 2.22. The highest BCUT2D eigenvalue weighted by atomic mass is 79.9. The Hall–Kier alpha value is -2.23. The van der Waals surface area contributed by atoms with Gasteiger partial charge in [-0.3, -0.25) is 19.3 Å². The molecule has 1 N–H and O–H groups in total. The Morgan fingerprint density at radius 2 is 1.83 bits per heavy atom. The molecule has 0 saturated carbocycles. The zero-order valence-corrected chi connectivity index (χ0v) is 19.2. The molecule has 1 aliphatic rings. The van der Waals surface area contributed by atoms with E-state index in [0.29, 0.717) is 17.7 Å². The van der Waals surface area contributed by atoms with Crippen molar-refractivity contribution < 1.29 is 14.3 Å². The number of nitrogens with zero attached hydrogens (tertiary/aromatic N) is 4. The van der Waals surface area contributed by atoms with Crippen LogP contribution in [-0.2, 0) is 22.6 Å². The van der Waals surface area contributed by atoms with Crippen molar-refractivity contribution in [2.75, 3.05) is 45.2 Å². The van der Waals surface area contributed by atoms with Crippen LogP contribution in [-0.4, -0.2) is 71.3 Å². The van der Waals surface area contributed by atoms with Gasteiger partial charge in [0.05, 0.1) is 30.5 Å². The van der Waals surface area contributed by atoms with Crippen LogP contribution in [0.3, 0.4) is 0 Å². The molecule has 0 bridgehead atoms. The van der Waals surface area contributed by atoms with Crippen LogP contribution >= 0.6 is 15.9 Å². The molecule has 1 aromatic heterocycles. The normalized spacial score (nSPS) is 15.2. The van der Waals surface area contributed by atoms with Gasteiger partial charge in [0.1, 0.15) is 0 Å². The SMILES string of the molecule is CCc1ccccc1NC(=O)CN1CCN(Cn2nc(C(=O)OC)c(Br)c2C)CC1. The number of para-hydroxylation sites is 1. The summed E-state index contributed by atoms with van der Waals surface area (Å²) in [7, 11) is 1.35. The van der Waals surface area contributed by atoms with Gasteiger partial charge in [0.2, 0.25) is 5.91 Å². The van der Waals surface area contributed by atoms with Crippen LogP contribution < -0.4 is 5.32 Å². The summed E-state index contributed by atoms with van der Waals surface area (Å²) in [5, 5.41) is 7.42. The Morgan fingerprint density at radius 1 is 1.17 bits per heavy atom. The molecule has 1 fully saturated rings. The van der Waals surface area contributed by atoms with Gasteiger partial charge < -0.3 is 10.1 Å². The fourth-order valence-corrected chi connectivity index (χ4v) is 3.96. The van der Waals surface area contributed by atoms with Gasteiger partial charge in [-0.15, -0.1) is 0 Å². The molecule has 1 saturated heterocycles. The lowest BCUT2D eigenvalue weighted by Gasteiger charge is -2.34. The summed E-state index contributed by atoms with van der Waals surface area (Å²) in [5.41, 5.74) is 3.21. The van der Waals surface area contributed by atoms with E-state index < -0.39 is 5.97 Å². The molecule has 8 nitrogen and oxygen atoms in total. The van der Waals surface area contributed by atoms with E-state index in [2.05, 4.69) is 43.1 Å². The third kappa shape index (κ3) is 5.27. The lowest BCUT2D eigenvalue weighted by Crippen LogP contribution is -2.49. The first kappa shape index (κ1) is 22.5. The van der Waals surface area contributed by atoms with Crippen LogP contribution in [0.25, 0.3) is 0 Å². The maximum atomic E-state index is 12.5. The van der Waals surface area contributed by atoms with Crippen molar-refractivity contribution in [2.24, 2.45) is 0 Å². The van der Waals surface area contributed by atoms with Crippen LogP contribution in [0.15, 0.2) is 28.7 Å². The number of carbonyl (C=O) groups is 2. The van der Waals surface area contributed by atoms with E-state index in [1.807, 2.05) is 31.2 Å². The zero-order chi connectivity index (χ0) is 21.7. The van der Waals surface area contributed by atoms with Gasteiger partial charge in [-0.25, -0.2) is 4.79 Å². The number of hydrogen-bond acceptors (Lipinski definition) is 6. The number of hydrogen-bond donors (Lipinski definition) is 1. The average molecular weight is 478 g/mol. The Balaban J connectivity index is 1.50. The summed E-state index contributed by atoms with van der Waals surface area (Å²) < 4.78 is 7.25. The second kappa shape index (κ2) is 10.2. The molecule has 2 heterocycles. The van der Waals surface area contributed by atoms with Crippen molar-refractivity contribution in [1.29, 1.82) is 0 Å². The van der Waals surface area contributed by atoms with E-state index in [4.69, 9.17) is 4.74 Å². The number of halogens is 1. The zero-order valence-electron chi connectivity index (χ0n) is 17.7. The van der Waals surface area contributed by atoms with E-state index in [9.17, 15) is 9.59 Å². The molecule has 0 aliphatic carbocycles. The molecule has 1 amide bonds. The van der Waals surface area contributed by atoms with E-state index in [1.54, 1.807) is 4.68 Å². The summed E-state index contributed by atoms with van der Waals surface area (Å²) in [5.74, 6) is -0.442. The number of aryl methyl sites for hydroxylation is 1. The van der Waals surface area contributed by atoms with Gasteiger partial charge in [-0.2, -0.15) is 5.10 Å². The summed E-state index contributed by atoms with van der Waals surface area (Å²) >= 11 is 3.43. The number of piperazine rings is 1. The second-order valence-corrected chi connectivity index (χ2v) is 8.13. The molecule has 0 unspecified atom stereocenters. The number of anilines is 1. The Kier molecular flexibility index (Phi) is 7.63. The van der Waals surface area contributed by atoms with Gasteiger partial charge in [0.25, 0.3) is 0 Å². The Bertz CT molecular complexity index is 906. The number of aromatic nitrogens is 2. The number of amides is 1. The summed E-state index contributed by atoms with van der Waals surface area (Å²) in [6.45, 7) is 8.21. The number of ether oxygens (including phenoxy) is 1. The van der Waals surface area contributed by atoms with Crippen LogP contribution in [0.5, 0.6) is 0 Å². The fraction of sp³-hybridized carbons (Fsp3) is 0.476. The smallest absolute Gasteiger partial charge is 0.359 e. The lowest BCUT2D eigenvalue weighted by molar-refractivity contribution is -0.117. The van der Waals surface area contributed by atoms with Crippen LogP contribution in [0.2, 0.25) is 0 Å². The van der Waals surface area contributed by atoms with Gasteiger partial charge in [-0.1, -0.05) is 25.1 Å². The van der Waals surface area contributed by atoms with Gasteiger partial charge in [0.15, 0.2) is 5.69 Å². The van der Waals surface area contributed by atoms with Crippen LogP contribution in [0, 0.1) is 6.92 Å². The number of benzene rings is 1. The predicted molar refractivity (Wildman–Crippen MR) is 118 cm³/mol. The molecule has 1 aliphatic heterocycles. The minimum atomic E-state index is -0.454. The molecule has 3 rings (SSSR count). The van der Waals surface area contributed by atoms with Crippen molar-refractivity contribution in [2.45, 2.75) is 26.9 Å². The average Bonchev–Trinajstić information content (AvgIpc) is 3.03. The molecule has 0 spiro atoms. The van der Waals surface area contributed by atoms with Crippen molar-refractivity contribution in [1.82, 2.24) is 19.6 Å². The number of esters is 1. The van der Waals surface area contributed by atoms with Crippen molar-refractivity contribution in [3.63, 3.8) is 0 Å². The molecule has 9 heteroatoms. The van der Waals surface area contributed by atoms with Crippen LogP contribution in [0.1, 0.15) is 28.7 Å². The van der Waals surface area contributed by atoms with Crippen molar-refractivity contribution >= 4 is 33.5 Å². The Morgan fingerprint density at radius 3 is 2.50 bits per heavy atom. The Labute approximate surface area is 185 Å². The third-order valence-electron chi connectivity index (χ3n) is 5.35. The molecular formula is C21H28BrN5O3. The standard InChI is InChI=1S/C21H28BrN5O3/c1-4-16-7-5-6-8-17(16)23-18(28)13-25-9-11-26(12-10-25)14-27-15(2)19(22)20(24-27)21(29)30-3/h5-8H,4,9-14H2,1-3H3,(H,23,28). The van der Waals surface area contributed by atoms with E-state index in [1.165, 1.54) is 7.11 Å². The minimum Gasteiger partial charge on any atom is -0.464 e. The maximum absolute atomic E-state index is 12.5. The first-order valence-corrected chi connectivity index (χ1v) is 10.9. The molecule has 2 aromatic rings. The number of rotatable bonds is 7. The number of nitrogens with one attached hydrogen (secondary N) is 1. The quantitative estimate of drug-likeness (QED) is 0.617. The second-order valence-electron chi connectivity index (χ2n) is 7.33. The summed E-state index contributed by atoms with van der Waals surface area (Å²) in [6.07, 6.45) is 0.885. The molecule has 1 aromatic carbocycles. The molecule has 0 atom stereocenters. The highest BCUT2D eigenvalue weighted by molar-refractivity contribution is 9.10. The molecule has 162 valence electrons. The predicted octanol–water partition coefficient (Wildman–Crippen LogP) is 2.52. The van der Waals surface area contributed by atoms with E-state index in [0.717, 1.165) is 49.5 Å². The van der Waals surface area contributed by atoms with E-state index in [-0.39, 0.29) is 11.6 Å². The topological polar surface area (TPSA) is 79.7 Å². The highest BCUT2D eigenvalue weighted by Gasteiger charge is 2.23. The third-order valence-corrected chi connectivity index (χ3v) is 6.30. The number of methoxy groups -OCH3 is 1. The molecule has 30 heavy (non-hydrogen) atoms. The maximum Gasteiger partial charge on any atom is 0.359 e. The van der Waals surface area contributed by atoms with Crippen molar-refractivity contribution in [3.05, 3.63) is 45.7 Å². The molecule has 0 radical (unpaired) electrons. The van der Waals surface area contributed by atoms with Gasteiger partial charge >= 0.3 is 5.97 Å².